The molecule has 0 atom stereocenters. The molecule has 1 aliphatic heterocycles. The number of benzene rings is 2. The molecule has 3 heterocycles. The van der Waals surface area contributed by atoms with Crippen molar-refractivity contribution in [1.82, 2.24) is 9.66 Å². The fraction of sp³-hybridized carbons (Fsp3) is 0.0909. The van der Waals surface area contributed by atoms with Gasteiger partial charge in [-0.3, -0.25) is 9.59 Å². The van der Waals surface area contributed by atoms with Gasteiger partial charge in [-0.25, -0.2) is 9.37 Å². The second-order valence-electron chi connectivity index (χ2n) is 7.05. The maximum absolute atomic E-state index is 13.3. The maximum Gasteiger partial charge on any atom is 0.283 e. The van der Waals surface area contributed by atoms with Gasteiger partial charge in [-0.1, -0.05) is 39.8 Å². The number of amides is 1. The van der Waals surface area contributed by atoms with Gasteiger partial charge in [0.2, 0.25) is 0 Å². The van der Waals surface area contributed by atoms with Crippen molar-refractivity contribution in [3.63, 3.8) is 0 Å². The molecule has 1 amide bonds. The third-order valence-electron chi connectivity index (χ3n) is 4.94. The standard InChI is InChI=1S/C22H14BrFN4O2S2/c1-11-17-20(32-18(11)19(29)25-15-7-5-14(24)6-8-15)26-22-28(21(17)30)27-16(10-31-22)12-3-2-4-13(23)9-12/h2-9H,10H2,1H3,(H,25,29). The summed E-state index contributed by atoms with van der Waals surface area (Å²) >= 11 is 6.06. The normalized spacial score (nSPS) is 13.0. The molecule has 1 N–H and O–H groups in total. The van der Waals surface area contributed by atoms with E-state index in [9.17, 15) is 14.0 Å². The van der Waals surface area contributed by atoms with E-state index >= 15 is 0 Å². The summed E-state index contributed by atoms with van der Waals surface area (Å²) in [6, 6.07) is 13.3. The maximum atomic E-state index is 13.3. The highest BCUT2D eigenvalue weighted by atomic mass is 79.9. The quantitative estimate of drug-likeness (QED) is 0.367. The molecular formula is C22H14BrFN4O2S2. The largest absolute Gasteiger partial charge is 0.321 e. The summed E-state index contributed by atoms with van der Waals surface area (Å²) in [7, 11) is 0. The van der Waals surface area contributed by atoms with Crippen LogP contribution in [0.2, 0.25) is 0 Å². The highest BCUT2D eigenvalue weighted by molar-refractivity contribution is 9.10. The van der Waals surface area contributed by atoms with Crippen LogP contribution in [-0.2, 0) is 0 Å². The number of thiophene rings is 1. The molecule has 5 rings (SSSR count). The van der Waals surface area contributed by atoms with Crippen LogP contribution in [-0.4, -0.2) is 27.0 Å². The molecule has 2 aromatic heterocycles. The Kier molecular flexibility index (Phi) is 5.44. The van der Waals surface area contributed by atoms with Crippen molar-refractivity contribution in [2.45, 2.75) is 12.1 Å². The summed E-state index contributed by atoms with van der Waals surface area (Å²) in [6.45, 7) is 1.73. The lowest BCUT2D eigenvalue weighted by atomic mass is 10.1. The highest BCUT2D eigenvalue weighted by Crippen LogP contribution is 2.31. The number of nitrogens with zero attached hydrogens (tertiary/aromatic N) is 3. The summed E-state index contributed by atoms with van der Waals surface area (Å²) in [5.74, 6) is -0.175. The Morgan fingerprint density at radius 3 is 2.75 bits per heavy atom. The van der Waals surface area contributed by atoms with Crippen molar-refractivity contribution in [2.24, 2.45) is 5.10 Å². The van der Waals surface area contributed by atoms with Crippen LogP contribution in [0, 0.1) is 12.7 Å². The minimum absolute atomic E-state index is 0.306. The zero-order valence-electron chi connectivity index (χ0n) is 16.6. The van der Waals surface area contributed by atoms with E-state index in [4.69, 9.17) is 0 Å². The van der Waals surface area contributed by atoms with E-state index in [2.05, 4.69) is 31.3 Å². The van der Waals surface area contributed by atoms with Crippen LogP contribution in [0.4, 0.5) is 10.1 Å². The van der Waals surface area contributed by atoms with E-state index in [1.165, 1.54) is 40.7 Å². The van der Waals surface area contributed by atoms with Crippen LogP contribution in [0.5, 0.6) is 0 Å². The lowest BCUT2D eigenvalue weighted by Gasteiger charge is -2.15. The molecule has 0 spiro atoms. The molecule has 6 nitrogen and oxygen atoms in total. The van der Waals surface area contributed by atoms with Gasteiger partial charge in [0.05, 0.1) is 16.0 Å². The first-order valence-corrected chi connectivity index (χ1v) is 12.1. The number of carbonyl (C=O) groups excluding carboxylic acids is 1. The molecule has 1 aliphatic rings. The SMILES string of the molecule is Cc1c(C(=O)Nc2ccc(F)cc2)sc2nc3n(c(=O)c12)N=C(c1cccc(Br)c1)CS3. The first-order chi connectivity index (χ1) is 15.4. The number of hydrogen-bond donors (Lipinski definition) is 1. The summed E-state index contributed by atoms with van der Waals surface area (Å²) in [5, 5.41) is 8.18. The summed E-state index contributed by atoms with van der Waals surface area (Å²) in [6.07, 6.45) is 0. The molecule has 32 heavy (non-hydrogen) atoms. The van der Waals surface area contributed by atoms with Gasteiger partial charge in [0, 0.05) is 15.9 Å². The van der Waals surface area contributed by atoms with Gasteiger partial charge in [0.25, 0.3) is 11.5 Å². The van der Waals surface area contributed by atoms with Crippen LogP contribution in [0.15, 0.2) is 68.1 Å². The average molecular weight is 529 g/mol. The fourth-order valence-corrected chi connectivity index (χ4v) is 5.78. The Morgan fingerprint density at radius 2 is 2.00 bits per heavy atom. The number of halogens is 2. The Balaban J connectivity index is 1.56. The van der Waals surface area contributed by atoms with E-state index in [1.54, 1.807) is 6.92 Å². The van der Waals surface area contributed by atoms with Crippen molar-refractivity contribution < 1.29 is 9.18 Å². The molecule has 0 saturated heterocycles. The third-order valence-corrected chi connectivity index (χ3v) is 7.56. The molecule has 0 bridgehead atoms. The Labute approximate surface area is 198 Å². The minimum atomic E-state index is -0.385. The van der Waals surface area contributed by atoms with E-state index < -0.39 is 0 Å². The number of anilines is 1. The molecule has 0 unspecified atom stereocenters. The van der Waals surface area contributed by atoms with Crippen LogP contribution < -0.4 is 10.9 Å². The van der Waals surface area contributed by atoms with E-state index in [1.807, 2.05) is 24.3 Å². The smallest absolute Gasteiger partial charge is 0.283 e. The number of nitrogens with one attached hydrogen (secondary N) is 1. The lowest BCUT2D eigenvalue weighted by Crippen LogP contribution is -2.25. The average Bonchev–Trinajstić information content (AvgIpc) is 3.12. The number of rotatable bonds is 3. The second-order valence-corrected chi connectivity index (χ2v) is 9.91. The van der Waals surface area contributed by atoms with Gasteiger partial charge >= 0.3 is 0 Å². The first-order valence-electron chi connectivity index (χ1n) is 9.50. The van der Waals surface area contributed by atoms with Gasteiger partial charge in [0.1, 0.15) is 10.6 Å². The van der Waals surface area contributed by atoms with Crippen molar-refractivity contribution in [2.75, 3.05) is 11.1 Å². The topological polar surface area (TPSA) is 76.3 Å². The molecule has 0 radical (unpaired) electrons. The van der Waals surface area contributed by atoms with Crippen molar-refractivity contribution in [3.8, 4) is 0 Å². The molecule has 0 aliphatic carbocycles. The molecule has 160 valence electrons. The first kappa shape index (κ1) is 21.0. The second kappa shape index (κ2) is 8.27. The number of aromatic nitrogens is 2. The van der Waals surface area contributed by atoms with Gasteiger partial charge < -0.3 is 5.32 Å². The van der Waals surface area contributed by atoms with Crippen molar-refractivity contribution in [1.29, 1.82) is 0 Å². The third kappa shape index (κ3) is 3.78. The van der Waals surface area contributed by atoms with Gasteiger partial charge in [-0.05, 0) is 54.4 Å². The predicted octanol–water partition coefficient (Wildman–Crippen LogP) is 5.28. The highest BCUT2D eigenvalue weighted by Gasteiger charge is 2.24. The number of aryl methyl sites for hydroxylation is 1. The lowest BCUT2D eigenvalue weighted by molar-refractivity contribution is 0.103. The summed E-state index contributed by atoms with van der Waals surface area (Å²) < 4.78 is 15.4. The minimum Gasteiger partial charge on any atom is -0.321 e. The number of hydrogen-bond acceptors (Lipinski definition) is 6. The van der Waals surface area contributed by atoms with Crippen molar-refractivity contribution in [3.05, 3.63) is 85.2 Å². The molecular weight excluding hydrogens is 515 g/mol. The number of carbonyl (C=O) groups is 1. The molecule has 10 heteroatoms. The van der Waals surface area contributed by atoms with Gasteiger partial charge in [0.15, 0.2) is 5.16 Å². The van der Waals surface area contributed by atoms with Crippen LogP contribution >= 0.6 is 39.0 Å². The zero-order chi connectivity index (χ0) is 22.4. The van der Waals surface area contributed by atoms with Gasteiger partial charge in [-0.15, -0.1) is 11.3 Å². The molecule has 0 saturated carbocycles. The summed E-state index contributed by atoms with van der Waals surface area (Å²) in [5.41, 5.74) is 2.41. The Morgan fingerprint density at radius 1 is 1.22 bits per heavy atom. The zero-order valence-corrected chi connectivity index (χ0v) is 19.8. The monoisotopic (exact) mass is 528 g/mol. The Bertz CT molecular complexity index is 1480. The number of thioether (sulfide) groups is 1. The summed E-state index contributed by atoms with van der Waals surface area (Å²) in [4.78, 5) is 31.6. The van der Waals surface area contributed by atoms with Crippen LogP contribution in [0.1, 0.15) is 20.8 Å². The van der Waals surface area contributed by atoms with Crippen molar-refractivity contribution >= 4 is 66.6 Å². The van der Waals surface area contributed by atoms with E-state index in [0.717, 1.165) is 27.1 Å². The Hall–Kier alpha value is -2.82. The predicted molar refractivity (Wildman–Crippen MR) is 130 cm³/mol. The molecule has 2 aromatic carbocycles. The number of fused-ring (bicyclic) bond motifs is 2. The van der Waals surface area contributed by atoms with E-state index in [0.29, 0.717) is 37.3 Å². The van der Waals surface area contributed by atoms with Crippen LogP contribution in [0.25, 0.3) is 10.2 Å². The fourth-order valence-electron chi connectivity index (χ4n) is 3.37. The molecule has 4 aromatic rings. The van der Waals surface area contributed by atoms with Crippen LogP contribution in [0.3, 0.4) is 0 Å². The van der Waals surface area contributed by atoms with E-state index in [-0.39, 0.29) is 17.3 Å². The van der Waals surface area contributed by atoms with Gasteiger partial charge in [-0.2, -0.15) is 9.78 Å². The molecule has 0 fully saturated rings.